The summed E-state index contributed by atoms with van der Waals surface area (Å²) in [6.07, 6.45) is 2.10. The molecule has 0 N–H and O–H groups in total. The highest BCUT2D eigenvalue weighted by Crippen LogP contribution is 2.31. The second-order valence-electron chi connectivity index (χ2n) is 6.58. The Hall–Kier alpha value is -1.66. The largest absolute Gasteiger partial charge is 0.465 e. The Bertz CT molecular complexity index is 682. The minimum absolute atomic E-state index is 0.114. The second-order valence-corrected chi connectivity index (χ2v) is 7.30. The van der Waals surface area contributed by atoms with Crippen LogP contribution in [0.2, 0.25) is 0 Å². The molecule has 1 amide bonds. The maximum atomic E-state index is 12.8. The molecular weight excluding hydrogens is 310 g/mol. The van der Waals surface area contributed by atoms with Gasteiger partial charge in [0.05, 0.1) is 30.2 Å². The number of aromatic nitrogens is 1. The third-order valence-electron chi connectivity index (χ3n) is 4.86. The van der Waals surface area contributed by atoms with Crippen molar-refractivity contribution in [1.82, 2.24) is 14.8 Å². The van der Waals surface area contributed by atoms with Gasteiger partial charge in [-0.15, -0.1) is 11.3 Å². The molecule has 2 aromatic rings. The zero-order chi connectivity index (χ0) is 15.8. The number of piperidine rings is 1. The van der Waals surface area contributed by atoms with E-state index in [4.69, 9.17) is 4.42 Å². The van der Waals surface area contributed by atoms with Crippen LogP contribution in [0.25, 0.3) is 0 Å². The summed E-state index contributed by atoms with van der Waals surface area (Å²) in [5.41, 5.74) is 2.84. The van der Waals surface area contributed by atoms with Crippen LogP contribution in [0.15, 0.2) is 27.4 Å². The molecule has 3 aliphatic heterocycles. The lowest BCUT2D eigenvalue weighted by atomic mass is 9.94. The normalized spacial score (nSPS) is 25.1. The highest BCUT2D eigenvalue weighted by molar-refractivity contribution is 7.07. The van der Waals surface area contributed by atoms with E-state index in [2.05, 4.69) is 14.8 Å². The lowest BCUT2D eigenvalue weighted by Gasteiger charge is -2.35. The van der Waals surface area contributed by atoms with Gasteiger partial charge in [0.25, 0.3) is 0 Å². The van der Waals surface area contributed by atoms with Crippen LogP contribution in [0.4, 0.5) is 0 Å². The monoisotopic (exact) mass is 331 g/mol. The fourth-order valence-corrected chi connectivity index (χ4v) is 4.30. The van der Waals surface area contributed by atoms with Crippen molar-refractivity contribution < 1.29 is 9.21 Å². The van der Waals surface area contributed by atoms with Crippen molar-refractivity contribution in [3.63, 3.8) is 0 Å². The molecule has 0 radical (unpaired) electrons. The maximum absolute atomic E-state index is 12.8. The number of aryl methyl sites for hydroxylation is 1. The number of amides is 1. The van der Waals surface area contributed by atoms with Crippen molar-refractivity contribution in [1.29, 1.82) is 0 Å². The van der Waals surface area contributed by atoms with E-state index in [1.165, 1.54) is 0 Å². The Morgan fingerprint density at radius 2 is 2.22 bits per heavy atom. The van der Waals surface area contributed by atoms with Crippen molar-refractivity contribution in [2.75, 3.05) is 13.1 Å². The Morgan fingerprint density at radius 3 is 2.96 bits per heavy atom. The Kier molecular flexibility index (Phi) is 3.95. The molecule has 5 heterocycles. The molecule has 2 bridgehead atoms. The lowest BCUT2D eigenvalue weighted by molar-refractivity contribution is -0.140. The smallest absolute Gasteiger partial charge is 0.227 e. The van der Waals surface area contributed by atoms with E-state index in [0.717, 1.165) is 49.7 Å². The Labute approximate surface area is 139 Å². The molecule has 0 saturated carbocycles. The number of fused-ring (bicyclic) bond motifs is 4. The summed E-state index contributed by atoms with van der Waals surface area (Å²) < 4.78 is 5.71. The first-order valence-electron chi connectivity index (χ1n) is 8.14. The Balaban J connectivity index is 1.50. The van der Waals surface area contributed by atoms with Gasteiger partial charge in [0.15, 0.2) is 0 Å². The first-order chi connectivity index (χ1) is 11.2. The van der Waals surface area contributed by atoms with E-state index in [9.17, 15) is 4.79 Å². The average molecular weight is 331 g/mol. The van der Waals surface area contributed by atoms with Crippen LogP contribution in [-0.4, -0.2) is 39.8 Å². The van der Waals surface area contributed by atoms with Crippen molar-refractivity contribution in [3.05, 3.63) is 40.2 Å². The minimum Gasteiger partial charge on any atom is -0.465 e. The number of hydrogen-bond acceptors (Lipinski definition) is 5. The fraction of sp³-hybridized carbons (Fsp3) is 0.529. The number of nitrogens with zero attached hydrogens (tertiary/aromatic N) is 3. The molecule has 2 atom stereocenters. The number of carbonyl (C=O) groups is 1. The first kappa shape index (κ1) is 14.9. The molecule has 0 spiro atoms. The van der Waals surface area contributed by atoms with Crippen LogP contribution in [0.1, 0.15) is 30.1 Å². The molecule has 3 saturated heterocycles. The van der Waals surface area contributed by atoms with Crippen molar-refractivity contribution >= 4 is 17.2 Å². The van der Waals surface area contributed by atoms with Gasteiger partial charge in [0, 0.05) is 24.5 Å². The van der Waals surface area contributed by atoms with Crippen LogP contribution in [0.3, 0.4) is 0 Å². The molecule has 0 aliphatic carbocycles. The molecule has 0 aromatic carbocycles. The summed E-state index contributed by atoms with van der Waals surface area (Å²) in [7, 11) is 0. The average Bonchev–Trinajstić information content (AvgIpc) is 3.10. The molecule has 0 unspecified atom stereocenters. The third-order valence-corrected chi connectivity index (χ3v) is 5.50. The van der Waals surface area contributed by atoms with E-state index in [1.807, 2.05) is 29.9 Å². The summed E-state index contributed by atoms with van der Waals surface area (Å²) in [4.78, 5) is 21.6. The minimum atomic E-state index is 0.114. The van der Waals surface area contributed by atoms with Gasteiger partial charge in [-0.2, -0.15) is 0 Å². The molecule has 3 fully saturated rings. The first-order valence-corrected chi connectivity index (χ1v) is 9.08. The SMILES string of the molecule is Cc1ccc(CN2C[C@H]3CC[C@@H](C2)N(Cc2cscn2)C3=O)o1. The van der Waals surface area contributed by atoms with E-state index in [1.54, 1.807) is 11.3 Å². The van der Waals surface area contributed by atoms with E-state index in [0.29, 0.717) is 18.5 Å². The maximum Gasteiger partial charge on any atom is 0.227 e. The van der Waals surface area contributed by atoms with Gasteiger partial charge >= 0.3 is 0 Å². The van der Waals surface area contributed by atoms with E-state index in [-0.39, 0.29) is 5.92 Å². The van der Waals surface area contributed by atoms with Gasteiger partial charge in [0.1, 0.15) is 11.5 Å². The van der Waals surface area contributed by atoms with Gasteiger partial charge in [-0.25, -0.2) is 4.98 Å². The summed E-state index contributed by atoms with van der Waals surface area (Å²) >= 11 is 1.59. The second kappa shape index (κ2) is 6.09. The number of hydrogen-bond donors (Lipinski definition) is 0. The van der Waals surface area contributed by atoms with Gasteiger partial charge < -0.3 is 9.32 Å². The molecule has 5 nitrogen and oxygen atoms in total. The van der Waals surface area contributed by atoms with Gasteiger partial charge in [0.2, 0.25) is 5.91 Å². The molecular formula is C17H21N3O2S. The summed E-state index contributed by atoms with van der Waals surface area (Å²) in [6.45, 7) is 5.17. The van der Waals surface area contributed by atoms with Crippen LogP contribution in [-0.2, 0) is 17.9 Å². The third kappa shape index (κ3) is 3.05. The molecule has 23 heavy (non-hydrogen) atoms. The standard InChI is InChI=1S/C17H21N3O2S/c1-12-2-5-16(22-12)9-19-6-13-3-4-15(8-19)20(17(13)21)7-14-10-23-11-18-14/h2,5,10-11,13,15H,3-4,6-9H2,1H3/t13-,15+/m1/s1. The molecule has 122 valence electrons. The fourth-order valence-electron chi connectivity index (χ4n) is 3.75. The number of rotatable bonds is 4. The highest BCUT2D eigenvalue weighted by Gasteiger charge is 2.40. The zero-order valence-electron chi connectivity index (χ0n) is 13.3. The Morgan fingerprint density at radius 1 is 1.30 bits per heavy atom. The van der Waals surface area contributed by atoms with E-state index >= 15 is 0 Å². The molecule has 5 rings (SSSR count). The van der Waals surface area contributed by atoms with Crippen LogP contribution in [0.5, 0.6) is 0 Å². The lowest BCUT2D eigenvalue weighted by Crippen LogP contribution is -2.47. The van der Waals surface area contributed by atoms with Crippen molar-refractivity contribution in [2.45, 2.75) is 38.9 Å². The summed E-state index contributed by atoms with van der Waals surface area (Å²) in [5, 5.41) is 2.04. The highest BCUT2D eigenvalue weighted by atomic mass is 32.1. The summed E-state index contributed by atoms with van der Waals surface area (Å²) in [6, 6.07) is 4.33. The predicted molar refractivity (Wildman–Crippen MR) is 87.9 cm³/mol. The summed E-state index contributed by atoms with van der Waals surface area (Å²) in [5.74, 6) is 2.34. The van der Waals surface area contributed by atoms with Gasteiger partial charge in [-0.05, 0) is 31.9 Å². The van der Waals surface area contributed by atoms with Crippen LogP contribution in [0, 0.1) is 12.8 Å². The number of carbonyl (C=O) groups excluding carboxylic acids is 1. The van der Waals surface area contributed by atoms with E-state index < -0.39 is 0 Å². The molecule has 6 heteroatoms. The van der Waals surface area contributed by atoms with Crippen molar-refractivity contribution in [2.24, 2.45) is 5.92 Å². The van der Waals surface area contributed by atoms with Crippen LogP contribution < -0.4 is 0 Å². The quantitative estimate of drug-likeness (QED) is 0.864. The topological polar surface area (TPSA) is 49.6 Å². The van der Waals surface area contributed by atoms with Crippen LogP contribution >= 0.6 is 11.3 Å². The number of furan rings is 1. The number of thiazole rings is 1. The van der Waals surface area contributed by atoms with Gasteiger partial charge in [-0.3, -0.25) is 9.69 Å². The van der Waals surface area contributed by atoms with Crippen molar-refractivity contribution in [3.8, 4) is 0 Å². The molecule has 2 aromatic heterocycles. The zero-order valence-corrected chi connectivity index (χ0v) is 14.1. The molecule has 3 aliphatic rings. The van der Waals surface area contributed by atoms with Gasteiger partial charge in [-0.1, -0.05) is 0 Å². The predicted octanol–water partition coefficient (Wildman–Crippen LogP) is 2.67.